The first kappa shape index (κ1) is 20.3. The highest BCUT2D eigenvalue weighted by atomic mass is 35.5. The van der Waals surface area contributed by atoms with E-state index in [-0.39, 0.29) is 14.9 Å². The molecule has 0 bridgehead atoms. The third kappa shape index (κ3) is 4.31. The Hall–Kier alpha value is -1.97. The molecular formula is C19H18Cl2N4O3S. The SMILES string of the molecule is O=S(=O)(c1cccc(Cl)c1Cl)N1CCN(Cc2noc(-c3ccccc3)n2)CC1. The highest BCUT2D eigenvalue weighted by Gasteiger charge is 2.31. The smallest absolute Gasteiger partial charge is 0.257 e. The second kappa shape index (κ2) is 8.41. The number of aromatic nitrogens is 2. The van der Waals surface area contributed by atoms with Gasteiger partial charge >= 0.3 is 0 Å². The molecule has 152 valence electrons. The Balaban J connectivity index is 1.40. The Labute approximate surface area is 178 Å². The Bertz CT molecular complexity index is 1100. The summed E-state index contributed by atoms with van der Waals surface area (Å²) < 4.78 is 32.6. The number of benzene rings is 2. The largest absolute Gasteiger partial charge is 0.334 e. The van der Waals surface area contributed by atoms with Gasteiger partial charge in [-0.25, -0.2) is 8.42 Å². The van der Waals surface area contributed by atoms with E-state index in [1.807, 2.05) is 30.3 Å². The van der Waals surface area contributed by atoms with Gasteiger partial charge in [-0.2, -0.15) is 9.29 Å². The monoisotopic (exact) mass is 452 g/mol. The minimum absolute atomic E-state index is 0.0331. The summed E-state index contributed by atoms with van der Waals surface area (Å²) in [5, 5.41) is 4.30. The normalized spacial score (nSPS) is 16.2. The van der Waals surface area contributed by atoms with Crippen LogP contribution in [0.1, 0.15) is 5.82 Å². The van der Waals surface area contributed by atoms with E-state index in [0.29, 0.717) is 44.4 Å². The van der Waals surface area contributed by atoms with Crippen molar-refractivity contribution in [3.63, 3.8) is 0 Å². The summed E-state index contributed by atoms with van der Waals surface area (Å²) in [4.78, 5) is 6.55. The lowest BCUT2D eigenvalue weighted by molar-refractivity contribution is 0.176. The predicted molar refractivity (Wildman–Crippen MR) is 110 cm³/mol. The van der Waals surface area contributed by atoms with E-state index >= 15 is 0 Å². The van der Waals surface area contributed by atoms with Crippen LogP contribution in [0, 0.1) is 0 Å². The molecule has 0 N–H and O–H groups in total. The van der Waals surface area contributed by atoms with Crippen molar-refractivity contribution in [1.82, 2.24) is 19.3 Å². The molecule has 0 amide bonds. The van der Waals surface area contributed by atoms with Gasteiger partial charge < -0.3 is 4.52 Å². The van der Waals surface area contributed by atoms with Crippen LogP contribution >= 0.6 is 23.2 Å². The van der Waals surface area contributed by atoms with E-state index in [1.54, 1.807) is 12.1 Å². The number of piperazine rings is 1. The molecule has 3 aromatic rings. The van der Waals surface area contributed by atoms with Crippen molar-refractivity contribution < 1.29 is 12.9 Å². The van der Waals surface area contributed by atoms with Crippen molar-refractivity contribution in [3.05, 3.63) is 64.4 Å². The fourth-order valence-electron chi connectivity index (χ4n) is 3.17. The van der Waals surface area contributed by atoms with Gasteiger partial charge in [0, 0.05) is 31.7 Å². The second-order valence-corrected chi connectivity index (χ2v) is 9.31. The lowest BCUT2D eigenvalue weighted by Gasteiger charge is -2.33. The Kier molecular flexibility index (Phi) is 5.89. The number of sulfonamides is 1. The van der Waals surface area contributed by atoms with Crippen LogP contribution in [0.3, 0.4) is 0 Å². The molecular weight excluding hydrogens is 435 g/mol. The third-order valence-corrected chi connectivity index (χ3v) is 7.59. The van der Waals surface area contributed by atoms with E-state index in [1.165, 1.54) is 10.4 Å². The second-order valence-electron chi connectivity index (χ2n) is 6.61. The Morgan fingerprint density at radius 3 is 2.41 bits per heavy atom. The summed E-state index contributed by atoms with van der Waals surface area (Å²) in [6.45, 7) is 2.27. The Morgan fingerprint density at radius 1 is 0.966 bits per heavy atom. The zero-order valence-electron chi connectivity index (χ0n) is 15.3. The molecule has 1 aliphatic heterocycles. The van der Waals surface area contributed by atoms with Crippen molar-refractivity contribution in [2.75, 3.05) is 26.2 Å². The zero-order valence-corrected chi connectivity index (χ0v) is 17.7. The van der Waals surface area contributed by atoms with Crippen LogP contribution in [0.25, 0.3) is 11.5 Å². The summed E-state index contributed by atoms with van der Waals surface area (Å²) in [6, 6.07) is 14.2. The average molecular weight is 453 g/mol. The minimum Gasteiger partial charge on any atom is -0.334 e. The fraction of sp³-hybridized carbons (Fsp3) is 0.263. The summed E-state index contributed by atoms with van der Waals surface area (Å²) >= 11 is 12.1. The first-order chi connectivity index (χ1) is 13.9. The fourth-order valence-corrected chi connectivity index (χ4v) is 5.32. The Morgan fingerprint density at radius 2 is 1.69 bits per heavy atom. The van der Waals surface area contributed by atoms with Gasteiger partial charge in [-0.15, -0.1) is 0 Å². The van der Waals surface area contributed by atoms with E-state index in [9.17, 15) is 8.42 Å². The van der Waals surface area contributed by atoms with Crippen molar-refractivity contribution in [1.29, 1.82) is 0 Å². The molecule has 4 rings (SSSR count). The molecule has 0 atom stereocenters. The van der Waals surface area contributed by atoms with E-state index in [4.69, 9.17) is 27.7 Å². The number of halogens is 2. The van der Waals surface area contributed by atoms with Gasteiger partial charge in [-0.3, -0.25) is 4.90 Å². The van der Waals surface area contributed by atoms with Crippen LogP contribution in [-0.2, 0) is 16.6 Å². The highest BCUT2D eigenvalue weighted by molar-refractivity contribution is 7.89. The third-order valence-electron chi connectivity index (χ3n) is 4.72. The topological polar surface area (TPSA) is 79.5 Å². The summed E-state index contributed by atoms with van der Waals surface area (Å²) in [6.07, 6.45) is 0. The maximum absolute atomic E-state index is 12.9. The first-order valence-corrected chi connectivity index (χ1v) is 11.2. The standard InChI is InChI=1S/C19H18Cl2N4O3S/c20-15-7-4-8-16(18(15)21)29(26,27)25-11-9-24(10-12-25)13-17-22-19(28-23-17)14-5-2-1-3-6-14/h1-8H,9-13H2. The molecule has 0 saturated carbocycles. The minimum atomic E-state index is -3.70. The van der Waals surface area contributed by atoms with E-state index in [0.717, 1.165) is 5.56 Å². The van der Waals surface area contributed by atoms with Gasteiger partial charge in [-0.05, 0) is 24.3 Å². The average Bonchev–Trinajstić information content (AvgIpc) is 3.19. The number of nitrogens with zero attached hydrogens (tertiary/aromatic N) is 4. The van der Waals surface area contributed by atoms with Crippen molar-refractivity contribution in [2.45, 2.75) is 11.4 Å². The molecule has 2 aromatic carbocycles. The maximum Gasteiger partial charge on any atom is 0.257 e. The molecule has 0 aliphatic carbocycles. The molecule has 1 aromatic heterocycles. The molecule has 7 nitrogen and oxygen atoms in total. The quantitative estimate of drug-likeness (QED) is 0.588. The number of rotatable bonds is 5. The molecule has 10 heteroatoms. The highest BCUT2D eigenvalue weighted by Crippen LogP contribution is 2.31. The molecule has 2 heterocycles. The number of hydrogen-bond acceptors (Lipinski definition) is 6. The van der Waals surface area contributed by atoms with Crippen LogP contribution in [-0.4, -0.2) is 53.9 Å². The van der Waals surface area contributed by atoms with Gasteiger partial charge in [0.2, 0.25) is 10.0 Å². The van der Waals surface area contributed by atoms with Gasteiger partial charge in [0.25, 0.3) is 5.89 Å². The number of hydrogen-bond donors (Lipinski definition) is 0. The molecule has 0 unspecified atom stereocenters. The van der Waals surface area contributed by atoms with Crippen LogP contribution < -0.4 is 0 Å². The van der Waals surface area contributed by atoms with Crippen LogP contribution in [0.2, 0.25) is 10.0 Å². The molecule has 0 spiro atoms. The van der Waals surface area contributed by atoms with Crippen molar-refractivity contribution >= 4 is 33.2 Å². The molecule has 29 heavy (non-hydrogen) atoms. The maximum atomic E-state index is 12.9. The lowest BCUT2D eigenvalue weighted by atomic mass is 10.2. The van der Waals surface area contributed by atoms with Crippen LogP contribution in [0.15, 0.2) is 57.9 Å². The van der Waals surface area contributed by atoms with Gasteiger partial charge in [-0.1, -0.05) is 52.6 Å². The molecule has 1 aliphatic rings. The van der Waals surface area contributed by atoms with Crippen LogP contribution in [0.4, 0.5) is 0 Å². The predicted octanol–water partition coefficient (Wildman–Crippen LogP) is 3.55. The molecule has 1 saturated heterocycles. The summed E-state index contributed by atoms with van der Waals surface area (Å²) in [5.74, 6) is 1.04. The van der Waals surface area contributed by atoms with Gasteiger partial charge in [0.05, 0.1) is 16.6 Å². The van der Waals surface area contributed by atoms with Crippen molar-refractivity contribution in [2.24, 2.45) is 0 Å². The van der Waals surface area contributed by atoms with E-state index < -0.39 is 10.0 Å². The lowest BCUT2D eigenvalue weighted by Crippen LogP contribution is -2.48. The van der Waals surface area contributed by atoms with Gasteiger partial charge in [0.1, 0.15) is 4.90 Å². The molecule has 1 fully saturated rings. The van der Waals surface area contributed by atoms with Gasteiger partial charge in [0.15, 0.2) is 5.82 Å². The summed E-state index contributed by atoms with van der Waals surface area (Å²) in [7, 11) is -3.70. The van der Waals surface area contributed by atoms with E-state index in [2.05, 4.69) is 15.0 Å². The summed E-state index contributed by atoms with van der Waals surface area (Å²) in [5.41, 5.74) is 0.862. The van der Waals surface area contributed by atoms with Crippen LogP contribution in [0.5, 0.6) is 0 Å². The first-order valence-electron chi connectivity index (χ1n) is 8.99. The molecule has 0 radical (unpaired) electrons. The van der Waals surface area contributed by atoms with Crippen molar-refractivity contribution in [3.8, 4) is 11.5 Å². The zero-order chi connectivity index (χ0) is 20.4.